The van der Waals surface area contributed by atoms with E-state index in [4.69, 9.17) is 27.7 Å². The molecule has 2 aromatic carbocycles. The summed E-state index contributed by atoms with van der Waals surface area (Å²) in [4.78, 5) is 0. The van der Waals surface area contributed by atoms with Gasteiger partial charge in [-0.25, -0.2) is 4.39 Å². The van der Waals surface area contributed by atoms with E-state index in [1.54, 1.807) is 24.3 Å². The van der Waals surface area contributed by atoms with Crippen LogP contribution in [-0.4, -0.2) is 23.1 Å². The molecule has 3 rings (SSSR count). The molecule has 0 fully saturated rings. The Morgan fingerprint density at radius 2 is 1.86 bits per heavy atom. The second-order valence-corrected chi connectivity index (χ2v) is 7.59. The summed E-state index contributed by atoms with van der Waals surface area (Å²) < 4.78 is 61.8. The highest BCUT2D eigenvalue weighted by atomic mass is 35.5. The fourth-order valence-corrected chi connectivity index (χ4v) is 3.68. The van der Waals surface area contributed by atoms with E-state index in [0.29, 0.717) is 15.6 Å². The molecule has 0 amide bonds. The molecule has 1 heterocycles. The van der Waals surface area contributed by atoms with Crippen molar-refractivity contribution in [1.29, 1.82) is 5.26 Å². The molecular formula is C24H20Cl2F4N4O. The van der Waals surface area contributed by atoms with E-state index in [0.717, 1.165) is 13.0 Å². The van der Waals surface area contributed by atoms with E-state index in [2.05, 4.69) is 17.0 Å². The van der Waals surface area contributed by atoms with Crippen LogP contribution in [0, 0.1) is 17.1 Å². The van der Waals surface area contributed by atoms with Crippen molar-refractivity contribution in [3.63, 3.8) is 0 Å². The van der Waals surface area contributed by atoms with E-state index in [1.165, 1.54) is 18.2 Å². The summed E-state index contributed by atoms with van der Waals surface area (Å²) >= 11 is 12.0. The third-order valence-corrected chi connectivity index (χ3v) is 5.17. The van der Waals surface area contributed by atoms with Gasteiger partial charge in [0, 0.05) is 17.3 Å². The molecule has 0 saturated carbocycles. The molecule has 0 unspecified atom stereocenters. The summed E-state index contributed by atoms with van der Waals surface area (Å²) in [7, 11) is 0. The molecule has 0 bridgehead atoms. The van der Waals surface area contributed by atoms with E-state index < -0.39 is 34.6 Å². The molecule has 0 radical (unpaired) electrons. The van der Waals surface area contributed by atoms with Crippen LogP contribution in [0.15, 0.2) is 57.8 Å². The zero-order chi connectivity index (χ0) is 26.3. The Morgan fingerprint density at radius 1 is 1.20 bits per heavy atom. The lowest BCUT2D eigenvalue weighted by Gasteiger charge is -2.25. The first kappa shape index (κ1) is 27.9. The van der Waals surface area contributed by atoms with Gasteiger partial charge in [0.1, 0.15) is 28.8 Å². The van der Waals surface area contributed by atoms with Gasteiger partial charge in [0.15, 0.2) is 5.76 Å². The largest absolute Gasteiger partial charge is 0.433 e. The molecule has 0 aliphatic rings. The Morgan fingerprint density at radius 3 is 2.40 bits per heavy atom. The van der Waals surface area contributed by atoms with Gasteiger partial charge in [0.05, 0.1) is 17.1 Å². The zero-order valence-electron chi connectivity index (χ0n) is 18.9. The van der Waals surface area contributed by atoms with Crippen LogP contribution in [0.1, 0.15) is 37.7 Å². The molecule has 0 N–H and O–H groups in total. The average Bonchev–Trinajstić information content (AvgIpc) is 3.22. The van der Waals surface area contributed by atoms with Crippen molar-refractivity contribution >= 4 is 35.5 Å². The Balaban J connectivity index is 0.00000210. The number of allylic oxidation sites excluding steroid dienone is 2. The van der Waals surface area contributed by atoms with Crippen molar-refractivity contribution in [3.05, 3.63) is 80.9 Å². The van der Waals surface area contributed by atoms with E-state index in [9.17, 15) is 22.8 Å². The Kier molecular flexibility index (Phi) is 9.46. The minimum Gasteiger partial charge on any atom is -0.354 e. The molecule has 0 spiro atoms. The second-order valence-electron chi connectivity index (χ2n) is 6.74. The SMILES string of the molecule is C=NN(Cc1cccc(Cl)c1)/C(=C(\C)c1onc(-c2c(F)cccc2Cl)c1C#N)C(F)(F)F.CC. The number of nitrogens with zero attached hydrogens (tertiary/aromatic N) is 4. The first-order valence-corrected chi connectivity index (χ1v) is 10.9. The minimum atomic E-state index is -4.92. The van der Waals surface area contributed by atoms with Gasteiger partial charge in [0.25, 0.3) is 0 Å². The van der Waals surface area contributed by atoms with Gasteiger partial charge in [-0.1, -0.05) is 60.4 Å². The van der Waals surface area contributed by atoms with Gasteiger partial charge in [-0.2, -0.15) is 23.5 Å². The van der Waals surface area contributed by atoms with Crippen molar-refractivity contribution in [3.8, 4) is 17.3 Å². The van der Waals surface area contributed by atoms with Crippen LogP contribution < -0.4 is 0 Å². The van der Waals surface area contributed by atoms with Crippen LogP contribution >= 0.6 is 23.2 Å². The predicted molar refractivity (Wildman–Crippen MR) is 128 cm³/mol. The highest BCUT2D eigenvalue weighted by molar-refractivity contribution is 6.33. The van der Waals surface area contributed by atoms with Gasteiger partial charge < -0.3 is 4.52 Å². The fraction of sp³-hybridized carbons (Fsp3) is 0.208. The number of nitriles is 1. The summed E-state index contributed by atoms with van der Waals surface area (Å²) in [5.41, 5.74) is -2.29. The second kappa shape index (κ2) is 11.9. The number of halogens is 6. The van der Waals surface area contributed by atoms with Crippen molar-refractivity contribution in [1.82, 2.24) is 10.2 Å². The first-order chi connectivity index (χ1) is 16.6. The molecule has 35 heavy (non-hydrogen) atoms. The van der Waals surface area contributed by atoms with Gasteiger partial charge in [-0.05, 0) is 36.8 Å². The van der Waals surface area contributed by atoms with E-state index >= 15 is 0 Å². The van der Waals surface area contributed by atoms with Crippen LogP contribution in [0.5, 0.6) is 0 Å². The Labute approximate surface area is 209 Å². The minimum absolute atomic E-state index is 0.0839. The summed E-state index contributed by atoms with van der Waals surface area (Å²) in [6, 6.07) is 11.7. The molecular weight excluding hydrogens is 507 g/mol. The fourth-order valence-electron chi connectivity index (χ4n) is 3.21. The lowest BCUT2D eigenvalue weighted by Crippen LogP contribution is -2.28. The predicted octanol–water partition coefficient (Wildman–Crippen LogP) is 8.10. The first-order valence-electron chi connectivity index (χ1n) is 10.2. The maximum atomic E-state index is 14.4. The molecule has 3 aromatic rings. The topological polar surface area (TPSA) is 65.4 Å². The summed E-state index contributed by atoms with van der Waals surface area (Å²) in [5.74, 6) is -1.31. The van der Waals surface area contributed by atoms with E-state index in [-0.39, 0.29) is 22.8 Å². The third-order valence-electron chi connectivity index (χ3n) is 4.62. The molecule has 0 saturated heterocycles. The van der Waals surface area contributed by atoms with Crippen LogP contribution in [0.4, 0.5) is 17.6 Å². The molecule has 1 aromatic heterocycles. The smallest absolute Gasteiger partial charge is 0.354 e. The molecule has 11 heteroatoms. The third kappa shape index (κ3) is 6.21. The highest BCUT2D eigenvalue weighted by Crippen LogP contribution is 2.40. The van der Waals surface area contributed by atoms with Crippen LogP contribution in [0.25, 0.3) is 16.8 Å². The molecule has 0 aliphatic heterocycles. The highest BCUT2D eigenvalue weighted by Gasteiger charge is 2.41. The molecule has 0 aliphatic carbocycles. The monoisotopic (exact) mass is 526 g/mol. The number of hydrazone groups is 1. The maximum Gasteiger partial charge on any atom is 0.433 e. The number of hydrogen-bond acceptors (Lipinski definition) is 5. The van der Waals surface area contributed by atoms with Gasteiger partial charge in [-0.3, -0.25) is 5.01 Å². The number of benzene rings is 2. The molecule has 5 nitrogen and oxygen atoms in total. The number of rotatable bonds is 6. The van der Waals surface area contributed by atoms with Gasteiger partial charge in [0.2, 0.25) is 0 Å². The quantitative estimate of drug-likeness (QED) is 0.185. The summed E-state index contributed by atoms with van der Waals surface area (Å²) in [5, 5.41) is 17.7. The van der Waals surface area contributed by atoms with Crippen molar-refractivity contribution in [2.24, 2.45) is 5.10 Å². The zero-order valence-corrected chi connectivity index (χ0v) is 20.4. The van der Waals surface area contributed by atoms with Gasteiger partial charge >= 0.3 is 6.18 Å². The summed E-state index contributed by atoms with van der Waals surface area (Å²) in [6.45, 7) is 8.01. The lowest BCUT2D eigenvalue weighted by molar-refractivity contribution is -0.111. The lowest BCUT2D eigenvalue weighted by atomic mass is 10.0. The van der Waals surface area contributed by atoms with Crippen molar-refractivity contribution < 1.29 is 22.1 Å². The Bertz CT molecular complexity index is 1260. The van der Waals surface area contributed by atoms with Crippen LogP contribution in [-0.2, 0) is 6.54 Å². The molecule has 0 atom stereocenters. The molecule has 184 valence electrons. The van der Waals surface area contributed by atoms with Crippen LogP contribution in [0.2, 0.25) is 10.0 Å². The normalized spacial score (nSPS) is 11.7. The van der Waals surface area contributed by atoms with Crippen molar-refractivity contribution in [2.45, 2.75) is 33.5 Å². The number of aromatic nitrogens is 1. The summed E-state index contributed by atoms with van der Waals surface area (Å²) in [6.07, 6.45) is -4.92. The van der Waals surface area contributed by atoms with E-state index in [1.807, 2.05) is 13.8 Å². The standard InChI is InChI=1S/C22H14Cl2F4N4O.C2H6/c1-12(20-15(10-29)19(31-33-20)18-16(24)7-4-8-17(18)25)21(22(26,27)28)32(30-2)11-13-5-3-6-14(23)9-13;1-2/h3-9H,2,11H2,1H3;1-2H3/b21-12+;. The van der Waals surface area contributed by atoms with Gasteiger partial charge in [-0.15, -0.1) is 0 Å². The number of alkyl halides is 3. The Hall–Kier alpha value is -3.35. The maximum absolute atomic E-state index is 14.4. The van der Waals surface area contributed by atoms with Crippen molar-refractivity contribution in [2.75, 3.05) is 0 Å². The van der Waals surface area contributed by atoms with Crippen LogP contribution in [0.3, 0.4) is 0 Å². The number of hydrogen-bond donors (Lipinski definition) is 0. The average molecular weight is 527 g/mol.